The first-order chi connectivity index (χ1) is 11.1. The molecule has 1 unspecified atom stereocenters. The molecule has 5 nitrogen and oxygen atoms in total. The van der Waals surface area contributed by atoms with E-state index in [4.69, 9.17) is 4.42 Å². The van der Waals surface area contributed by atoms with Crippen molar-refractivity contribution in [3.05, 3.63) is 62.5 Å². The summed E-state index contributed by atoms with van der Waals surface area (Å²) in [5, 5.41) is 2.91. The van der Waals surface area contributed by atoms with Gasteiger partial charge in [0.1, 0.15) is 0 Å². The molecule has 1 amide bonds. The van der Waals surface area contributed by atoms with E-state index in [2.05, 4.69) is 38.4 Å². The molecule has 4 rings (SSSR count). The van der Waals surface area contributed by atoms with Crippen LogP contribution in [-0.4, -0.2) is 10.9 Å². The number of oxazole rings is 1. The summed E-state index contributed by atoms with van der Waals surface area (Å²) in [6, 6.07) is 11.3. The van der Waals surface area contributed by atoms with Crippen molar-refractivity contribution in [2.75, 3.05) is 5.32 Å². The number of halogens is 1. The number of amides is 1. The molecule has 0 saturated carbocycles. The van der Waals surface area contributed by atoms with Gasteiger partial charge < -0.3 is 9.73 Å². The van der Waals surface area contributed by atoms with Crippen molar-refractivity contribution in [2.45, 2.75) is 12.8 Å². The van der Waals surface area contributed by atoms with Crippen molar-refractivity contribution in [1.29, 1.82) is 0 Å². The Morgan fingerprint density at radius 3 is 2.87 bits per heavy atom. The van der Waals surface area contributed by atoms with E-state index in [0.29, 0.717) is 16.8 Å². The number of fused-ring (bicyclic) bond motifs is 2. The van der Waals surface area contributed by atoms with Gasteiger partial charge >= 0.3 is 5.76 Å². The molecule has 3 aromatic rings. The molecule has 1 aromatic heterocycles. The summed E-state index contributed by atoms with van der Waals surface area (Å²) in [6.45, 7) is 0. The Labute approximate surface area is 139 Å². The zero-order chi connectivity index (χ0) is 16.0. The third-order valence-corrected chi connectivity index (χ3v) is 4.65. The minimum absolute atomic E-state index is 0.0189. The molecule has 23 heavy (non-hydrogen) atoms. The van der Waals surface area contributed by atoms with Crippen molar-refractivity contribution < 1.29 is 9.21 Å². The Bertz CT molecular complexity index is 973. The molecular weight excluding hydrogens is 360 g/mol. The normalized spacial score (nSPS) is 16.5. The number of carbonyl (C=O) groups excluding carboxylic acids is 1. The Balaban J connectivity index is 1.52. The zero-order valence-corrected chi connectivity index (χ0v) is 13.6. The molecule has 1 atom stereocenters. The first-order valence-corrected chi connectivity index (χ1v) is 8.09. The molecule has 2 aromatic carbocycles. The van der Waals surface area contributed by atoms with E-state index in [0.717, 1.165) is 17.3 Å². The van der Waals surface area contributed by atoms with Crippen LogP contribution in [0.1, 0.15) is 11.1 Å². The molecule has 2 N–H and O–H groups in total. The van der Waals surface area contributed by atoms with Gasteiger partial charge in [-0.2, -0.15) is 0 Å². The highest BCUT2D eigenvalue weighted by atomic mass is 79.9. The lowest BCUT2D eigenvalue weighted by atomic mass is 10.1. The molecule has 0 spiro atoms. The maximum absolute atomic E-state index is 12.5. The summed E-state index contributed by atoms with van der Waals surface area (Å²) in [5.74, 6) is -0.594. The lowest BCUT2D eigenvalue weighted by molar-refractivity contribution is -0.119. The van der Waals surface area contributed by atoms with Crippen LogP contribution in [-0.2, 0) is 17.6 Å². The van der Waals surface area contributed by atoms with Gasteiger partial charge in [-0.05, 0) is 48.2 Å². The van der Waals surface area contributed by atoms with Crippen molar-refractivity contribution in [3.8, 4) is 0 Å². The Morgan fingerprint density at radius 1 is 1.17 bits per heavy atom. The van der Waals surface area contributed by atoms with Crippen LogP contribution >= 0.6 is 15.9 Å². The van der Waals surface area contributed by atoms with Crippen LogP contribution in [0.25, 0.3) is 11.1 Å². The Morgan fingerprint density at radius 2 is 2.00 bits per heavy atom. The summed E-state index contributed by atoms with van der Waals surface area (Å²) >= 11 is 3.46. The number of H-pyrrole nitrogens is 1. The number of carbonyl (C=O) groups is 1. The lowest BCUT2D eigenvalue weighted by Gasteiger charge is -2.10. The fourth-order valence-corrected chi connectivity index (χ4v) is 3.45. The highest BCUT2D eigenvalue weighted by Crippen LogP contribution is 2.30. The van der Waals surface area contributed by atoms with E-state index in [1.807, 2.05) is 6.07 Å². The number of hydrogen-bond donors (Lipinski definition) is 2. The van der Waals surface area contributed by atoms with Crippen molar-refractivity contribution in [2.24, 2.45) is 5.92 Å². The Kier molecular flexibility index (Phi) is 3.34. The van der Waals surface area contributed by atoms with Crippen LogP contribution in [0.5, 0.6) is 0 Å². The van der Waals surface area contributed by atoms with E-state index in [9.17, 15) is 9.59 Å². The third kappa shape index (κ3) is 2.70. The molecule has 0 bridgehead atoms. The molecule has 6 heteroatoms. The second-order valence-electron chi connectivity index (χ2n) is 5.73. The molecular formula is C17H13BrN2O3. The maximum atomic E-state index is 12.5. The largest absolute Gasteiger partial charge is 0.417 e. The number of rotatable bonds is 2. The van der Waals surface area contributed by atoms with Crippen molar-refractivity contribution in [3.63, 3.8) is 0 Å². The number of hydrogen-bond acceptors (Lipinski definition) is 3. The van der Waals surface area contributed by atoms with Gasteiger partial charge in [-0.1, -0.05) is 22.0 Å². The first kappa shape index (κ1) is 14.3. The number of aromatic amines is 1. The van der Waals surface area contributed by atoms with Gasteiger partial charge in [0.15, 0.2) is 5.58 Å². The number of anilines is 1. The number of aromatic nitrogens is 1. The summed E-state index contributed by atoms with van der Waals surface area (Å²) in [5.41, 5.74) is 4.12. The summed E-state index contributed by atoms with van der Waals surface area (Å²) in [4.78, 5) is 26.2. The van der Waals surface area contributed by atoms with Gasteiger partial charge in [-0.3, -0.25) is 9.78 Å². The molecule has 1 aliphatic carbocycles. The van der Waals surface area contributed by atoms with Crippen LogP contribution in [0.3, 0.4) is 0 Å². The average Bonchev–Trinajstić information content (AvgIpc) is 3.08. The first-order valence-electron chi connectivity index (χ1n) is 7.29. The van der Waals surface area contributed by atoms with Crippen LogP contribution in [0.15, 0.2) is 50.1 Å². The number of benzene rings is 2. The monoisotopic (exact) mass is 372 g/mol. The molecule has 1 heterocycles. The zero-order valence-electron chi connectivity index (χ0n) is 12.1. The molecule has 1 aliphatic rings. The van der Waals surface area contributed by atoms with Crippen LogP contribution in [0.4, 0.5) is 5.69 Å². The van der Waals surface area contributed by atoms with E-state index in [1.54, 1.807) is 18.2 Å². The predicted octanol–water partition coefficient (Wildman–Crippen LogP) is 3.24. The van der Waals surface area contributed by atoms with Gasteiger partial charge in [-0.15, -0.1) is 0 Å². The highest BCUT2D eigenvalue weighted by Gasteiger charge is 2.27. The van der Waals surface area contributed by atoms with Crippen molar-refractivity contribution in [1.82, 2.24) is 4.98 Å². The van der Waals surface area contributed by atoms with Crippen LogP contribution in [0.2, 0.25) is 0 Å². The average molecular weight is 373 g/mol. The second-order valence-corrected chi connectivity index (χ2v) is 6.65. The van der Waals surface area contributed by atoms with Gasteiger partial charge in [-0.25, -0.2) is 4.79 Å². The summed E-state index contributed by atoms with van der Waals surface area (Å²) in [6.07, 6.45) is 1.48. The van der Waals surface area contributed by atoms with Gasteiger partial charge in [0.25, 0.3) is 0 Å². The fraction of sp³-hybridized carbons (Fsp3) is 0.176. The molecule has 0 aliphatic heterocycles. The van der Waals surface area contributed by atoms with Crippen molar-refractivity contribution >= 4 is 38.6 Å². The molecule has 0 saturated heterocycles. The lowest BCUT2D eigenvalue weighted by Crippen LogP contribution is -2.23. The highest BCUT2D eigenvalue weighted by molar-refractivity contribution is 9.10. The molecule has 0 radical (unpaired) electrons. The maximum Gasteiger partial charge on any atom is 0.417 e. The summed E-state index contributed by atoms with van der Waals surface area (Å²) < 4.78 is 6.04. The quantitative estimate of drug-likeness (QED) is 0.724. The standard InChI is InChI=1S/C17H13BrN2O3/c18-12-2-1-9-5-11(6-10(9)7-12)16(21)19-13-3-4-14-15(8-13)23-17(22)20-14/h1-4,7-8,11H,5-6H2,(H,19,21)(H,20,22). The number of nitrogens with one attached hydrogen (secondary N) is 2. The van der Waals surface area contributed by atoms with Gasteiger partial charge in [0, 0.05) is 22.1 Å². The van der Waals surface area contributed by atoms with Crippen LogP contribution < -0.4 is 11.1 Å². The smallest absolute Gasteiger partial charge is 0.408 e. The third-order valence-electron chi connectivity index (χ3n) is 4.16. The van der Waals surface area contributed by atoms with E-state index < -0.39 is 5.76 Å². The molecule has 0 fully saturated rings. The van der Waals surface area contributed by atoms with Gasteiger partial charge in [0.2, 0.25) is 5.91 Å². The SMILES string of the molecule is O=C(Nc1ccc2[nH]c(=O)oc2c1)C1Cc2ccc(Br)cc2C1. The van der Waals surface area contributed by atoms with Crippen LogP contribution in [0, 0.1) is 5.92 Å². The van der Waals surface area contributed by atoms with E-state index in [1.165, 1.54) is 11.1 Å². The van der Waals surface area contributed by atoms with E-state index in [-0.39, 0.29) is 11.8 Å². The molecule has 116 valence electrons. The Hall–Kier alpha value is -2.34. The predicted molar refractivity (Wildman–Crippen MR) is 90.5 cm³/mol. The fourth-order valence-electron chi connectivity index (χ4n) is 3.04. The summed E-state index contributed by atoms with van der Waals surface area (Å²) in [7, 11) is 0. The minimum atomic E-state index is -0.500. The second kappa shape index (κ2) is 5.38. The van der Waals surface area contributed by atoms with Gasteiger partial charge in [0.05, 0.1) is 5.52 Å². The van der Waals surface area contributed by atoms with E-state index >= 15 is 0 Å². The minimum Gasteiger partial charge on any atom is -0.408 e. The topological polar surface area (TPSA) is 75.1 Å².